The highest BCUT2D eigenvalue weighted by Gasteiger charge is 2.37. The highest BCUT2D eigenvalue weighted by atomic mass is 16.9. The molecule has 0 aromatic carbocycles. The van der Waals surface area contributed by atoms with Gasteiger partial charge in [0.2, 0.25) is 0 Å². The number of hydrogen-bond donors (Lipinski definition) is 0. The molecule has 0 aromatic rings. The lowest BCUT2D eigenvalue weighted by Gasteiger charge is -2.41. The molecular weight excluding hydrogens is 158 g/mol. The fraction of sp³-hybridized carbons (Fsp3) is 1.00. The van der Waals surface area contributed by atoms with Crippen molar-refractivity contribution in [1.29, 1.82) is 0 Å². The van der Waals surface area contributed by atoms with E-state index < -0.39 is 0 Å². The standard InChI is InChI=1S/C8H15NO3/c1-6-11-8(12-6)7-5-9(2)3-4-10-7/h6-8H,3-5H2,1-2H3. The van der Waals surface area contributed by atoms with E-state index in [4.69, 9.17) is 14.2 Å². The van der Waals surface area contributed by atoms with Crippen LogP contribution in [-0.2, 0) is 14.2 Å². The topological polar surface area (TPSA) is 30.9 Å². The summed E-state index contributed by atoms with van der Waals surface area (Å²) in [5.74, 6) is 0. The highest BCUT2D eigenvalue weighted by molar-refractivity contribution is 4.75. The van der Waals surface area contributed by atoms with Crippen LogP contribution in [-0.4, -0.2) is 50.3 Å². The fourth-order valence-corrected chi connectivity index (χ4v) is 1.54. The van der Waals surface area contributed by atoms with Gasteiger partial charge in [0.1, 0.15) is 6.10 Å². The maximum Gasteiger partial charge on any atom is 0.190 e. The van der Waals surface area contributed by atoms with E-state index in [-0.39, 0.29) is 18.7 Å². The summed E-state index contributed by atoms with van der Waals surface area (Å²) in [7, 11) is 2.08. The van der Waals surface area contributed by atoms with Crippen molar-refractivity contribution in [2.75, 3.05) is 26.7 Å². The Balaban J connectivity index is 1.80. The van der Waals surface area contributed by atoms with E-state index in [0.717, 1.165) is 19.7 Å². The molecule has 1 unspecified atom stereocenters. The normalized spacial score (nSPS) is 44.0. The molecule has 1 atom stereocenters. The molecule has 12 heavy (non-hydrogen) atoms. The predicted molar refractivity (Wildman–Crippen MR) is 42.7 cm³/mol. The van der Waals surface area contributed by atoms with Gasteiger partial charge < -0.3 is 19.1 Å². The van der Waals surface area contributed by atoms with Crippen molar-refractivity contribution in [3.63, 3.8) is 0 Å². The summed E-state index contributed by atoms with van der Waals surface area (Å²) in [6.45, 7) is 4.57. The Kier molecular flexibility index (Phi) is 2.32. The van der Waals surface area contributed by atoms with Crippen LogP contribution in [0.25, 0.3) is 0 Å². The fourth-order valence-electron chi connectivity index (χ4n) is 1.54. The van der Waals surface area contributed by atoms with Crippen molar-refractivity contribution in [2.24, 2.45) is 0 Å². The average Bonchev–Trinajstić information content (AvgIpc) is 1.99. The molecule has 2 aliphatic rings. The second kappa shape index (κ2) is 3.30. The van der Waals surface area contributed by atoms with Gasteiger partial charge >= 0.3 is 0 Å². The monoisotopic (exact) mass is 173 g/mol. The summed E-state index contributed by atoms with van der Waals surface area (Å²) in [6, 6.07) is 0. The molecule has 2 fully saturated rings. The molecule has 4 heteroatoms. The molecule has 0 N–H and O–H groups in total. The lowest BCUT2D eigenvalue weighted by molar-refractivity contribution is -0.404. The van der Waals surface area contributed by atoms with Crippen molar-refractivity contribution in [3.8, 4) is 0 Å². The van der Waals surface area contributed by atoms with Crippen LogP contribution in [0.2, 0.25) is 0 Å². The van der Waals surface area contributed by atoms with E-state index in [9.17, 15) is 0 Å². The molecule has 0 aliphatic carbocycles. The van der Waals surface area contributed by atoms with Crippen molar-refractivity contribution < 1.29 is 14.2 Å². The molecule has 2 heterocycles. The van der Waals surface area contributed by atoms with Crippen molar-refractivity contribution in [3.05, 3.63) is 0 Å². The van der Waals surface area contributed by atoms with Gasteiger partial charge in [0.25, 0.3) is 0 Å². The summed E-state index contributed by atoms with van der Waals surface area (Å²) in [6.07, 6.45) is -0.0893. The number of ether oxygens (including phenoxy) is 3. The van der Waals surface area contributed by atoms with Crippen LogP contribution < -0.4 is 0 Å². The van der Waals surface area contributed by atoms with Gasteiger partial charge in [-0.25, -0.2) is 0 Å². The SMILES string of the molecule is CC1OC(C2CN(C)CCO2)O1. The van der Waals surface area contributed by atoms with Gasteiger partial charge in [-0.1, -0.05) is 0 Å². The first-order valence-electron chi connectivity index (χ1n) is 4.37. The quantitative estimate of drug-likeness (QED) is 0.560. The van der Waals surface area contributed by atoms with Crippen LogP contribution in [0.4, 0.5) is 0 Å². The van der Waals surface area contributed by atoms with Crippen LogP contribution in [0.15, 0.2) is 0 Å². The second-order valence-corrected chi connectivity index (χ2v) is 3.38. The Hall–Kier alpha value is -0.160. The number of nitrogens with zero attached hydrogens (tertiary/aromatic N) is 1. The zero-order valence-corrected chi connectivity index (χ0v) is 7.53. The largest absolute Gasteiger partial charge is 0.370 e. The third kappa shape index (κ3) is 1.61. The summed E-state index contributed by atoms with van der Waals surface area (Å²) in [5.41, 5.74) is 0. The molecule has 0 spiro atoms. The molecule has 0 radical (unpaired) electrons. The van der Waals surface area contributed by atoms with Gasteiger partial charge in [0, 0.05) is 13.1 Å². The van der Waals surface area contributed by atoms with E-state index >= 15 is 0 Å². The highest BCUT2D eigenvalue weighted by Crippen LogP contribution is 2.22. The van der Waals surface area contributed by atoms with Gasteiger partial charge in [0.15, 0.2) is 12.6 Å². The Morgan fingerprint density at radius 1 is 1.33 bits per heavy atom. The van der Waals surface area contributed by atoms with Gasteiger partial charge in [-0.3, -0.25) is 0 Å². The third-order valence-electron chi connectivity index (χ3n) is 2.25. The first-order chi connectivity index (χ1) is 5.75. The van der Waals surface area contributed by atoms with E-state index in [1.165, 1.54) is 0 Å². The van der Waals surface area contributed by atoms with Crippen LogP contribution in [0, 0.1) is 0 Å². The Labute approximate surface area is 72.4 Å². The maximum atomic E-state index is 5.51. The lowest BCUT2D eigenvalue weighted by Crippen LogP contribution is -2.54. The molecule has 0 amide bonds. The van der Waals surface area contributed by atoms with Crippen LogP contribution in [0.5, 0.6) is 0 Å². The van der Waals surface area contributed by atoms with E-state index in [2.05, 4.69) is 11.9 Å². The lowest BCUT2D eigenvalue weighted by atomic mass is 10.2. The van der Waals surface area contributed by atoms with Crippen molar-refractivity contribution in [1.82, 2.24) is 4.90 Å². The molecular formula is C8H15NO3. The minimum atomic E-state index is -0.136. The van der Waals surface area contributed by atoms with Crippen molar-refractivity contribution in [2.45, 2.75) is 25.6 Å². The predicted octanol–water partition coefficient (Wildman–Crippen LogP) is 0.0359. The second-order valence-electron chi connectivity index (χ2n) is 3.38. The van der Waals surface area contributed by atoms with Gasteiger partial charge in [-0.05, 0) is 14.0 Å². The van der Waals surface area contributed by atoms with Crippen LogP contribution >= 0.6 is 0 Å². The molecule has 4 nitrogen and oxygen atoms in total. The summed E-state index contributed by atoms with van der Waals surface area (Å²) < 4.78 is 16.2. The van der Waals surface area contributed by atoms with Crippen LogP contribution in [0.1, 0.15) is 6.92 Å². The smallest absolute Gasteiger partial charge is 0.190 e. The minimum Gasteiger partial charge on any atom is -0.370 e. The average molecular weight is 173 g/mol. The Bertz CT molecular complexity index is 158. The van der Waals surface area contributed by atoms with Crippen LogP contribution in [0.3, 0.4) is 0 Å². The van der Waals surface area contributed by atoms with Gasteiger partial charge in [-0.2, -0.15) is 0 Å². The number of hydrogen-bond acceptors (Lipinski definition) is 4. The summed E-state index contributed by atoms with van der Waals surface area (Å²) >= 11 is 0. The Morgan fingerprint density at radius 2 is 2.08 bits per heavy atom. The third-order valence-corrected chi connectivity index (χ3v) is 2.25. The van der Waals surface area contributed by atoms with E-state index in [0.29, 0.717) is 0 Å². The van der Waals surface area contributed by atoms with Gasteiger partial charge in [-0.15, -0.1) is 0 Å². The Morgan fingerprint density at radius 3 is 2.67 bits per heavy atom. The maximum absolute atomic E-state index is 5.51. The molecule has 2 saturated heterocycles. The van der Waals surface area contributed by atoms with Gasteiger partial charge in [0.05, 0.1) is 6.61 Å². The molecule has 70 valence electrons. The zero-order chi connectivity index (χ0) is 8.55. The molecule has 2 rings (SSSR count). The minimum absolute atomic E-state index is 0.0502. The molecule has 0 aromatic heterocycles. The van der Waals surface area contributed by atoms with Crippen molar-refractivity contribution >= 4 is 0 Å². The zero-order valence-electron chi connectivity index (χ0n) is 7.53. The molecule has 0 saturated carbocycles. The summed E-state index contributed by atoms with van der Waals surface area (Å²) in [4.78, 5) is 2.23. The molecule has 0 bridgehead atoms. The number of rotatable bonds is 1. The van der Waals surface area contributed by atoms with E-state index in [1.807, 2.05) is 6.92 Å². The molecule has 2 aliphatic heterocycles. The first-order valence-corrected chi connectivity index (χ1v) is 4.37. The number of likely N-dealkylation sites (N-methyl/N-ethyl adjacent to an activating group) is 1. The summed E-state index contributed by atoms with van der Waals surface area (Å²) in [5, 5.41) is 0. The number of morpholine rings is 1. The van der Waals surface area contributed by atoms with E-state index in [1.54, 1.807) is 0 Å². The first kappa shape index (κ1) is 8.44.